The van der Waals surface area contributed by atoms with E-state index in [0.717, 1.165) is 12.1 Å². The summed E-state index contributed by atoms with van der Waals surface area (Å²) in [6, 6.07) is 1.59. The van der Waals surface area contributed by atoms with Crippen LogP contribution in [0, 0.1) is 5.82 Å². The van der Waals surface area contributed by atoms with Crippen LogP contribution in [0.2, 0.25) is 5.02 Å². The standard InChI is InChI=1S/C9H4ClF4NO3/c10-3-1-2-4(5(6(3)11)7(16)17)15-8(18)9(12,13)14/h1-2H,(H,15,18)(H,16,17). The molecule has 0 aromatic heterocycles. The van der Waals surface area contributed by atoms with Gasteiger partial charge in [0.25, 0.3) is 0 Å². The van der Waals surface area contributed by atoms with Gasteiger partial charge in [-0.15, -0.1) is 0 Å². The van der Waals surface area contributed by atoms with Crippen LogP contribution >= 0.6 is 11.6 Å². The van der Waals surface area contributed by atoms with Gasteiger partial charge >= 0.3 is 18.1 Å². The molecule has 98 valence electrons. The minimum atomic E-state index is -5.22. The first-order valence-electron chi connectivity index (χ1n) is 4.24. The number of hydrogen-bond acceptors (Lipinski definition) is 2. The lowest BCUT2D eigenvalue weighted by molar-refractivity contribution is -0.167. The minimum absolute atomic E-state index is 0.586. The van der Waals surface area contributed by atoms with Crippen molar-refractivity contribution in [3.05, 3.63) is 28.5 Å². The monoisotopic (exact) mass is 285 g/mol. The molecule has 0 heterocycles. The Morgan fingerprint density at radius 3 is 2.28 bits per heavy atom. The SMILES string of the molecule is O=C(O)c1c(NC(=O)C(F)(F)F)ccc(Cl)c1F. The van der Waals surface area contributed by atoms with Crippen molar-refractivity contribution in [3.8, 4) is 0 Å². The van der Waals surface area contributed by atoms with E-state index in [9.17, 15) is 27.2 Å². The van der Waals surface area contributed by atoms with Gasteiger partial charge in [-0.05, 0) is 12.1 Å². The molecule has 0 fully saturated rings. The number of carbonyl (C=O) groups excluding carboxylic acids is 1. The summed E-state index contributed by atoms with van der Waals surface area (Å²) < 4.78 is 49.2. The summed E-state index contributed by atoms with van der Waals surface area (Å²) in [7, 11) is 0. The second-order valence-electron chi connectivity index (χ2n) is 3.04. The first-order valence-corrected chi connectivity index (χ1v) is 4.62. The third-order valence-corrected chi connectivity index (χ3v) is 2.11. The lowest BCUT2D eigenvalue weighted by atomic mass is 10.1. The molecule has 4 nitrogen and oxygen atoms in total. The number of alkyl halides is 3. The minimum Gasteiger partial charge on any atom is -0.478 e. The summed E-state index contributed by atoms with van der Waals surface area (Å²) in [5.41, 5.74) is -1.97. The average Bonchev–Trinajstić information content (AvgIpc) is 2.21. The number of anilines is 1. The summed E-state index contributed by atoms with van der Waals surface area (Å²) in [4.78, 5) is 21.3. The molecule has 1 rings (SSSR count). The molecule has 0 unspecified atom stereocenters. The Morgan fingerprint density at radius 2 is 1.83 bits per heavy atom. The van der Waals surface area contributed by atoms with Gasteiger partial charge in [0.2, 0.25) is 0 Å². The van der Waals surface area contributed by atoms with Crippen LogP contribution in [-0.4, -0.2) is 23.2 Å². The second kappa shape index (κ2) is 4.81. The molecule has 0 saturated heterocycles. The van der Waals surface area contributed by atoms with Crippen LogP contribution in [0.4, 0.5) is 23.2 Å². The van der Waals surface area contributed by atoms with Gasteiger partial charge in [0.05, 0.1) is 10.7 Å². The van der Waals surface area contributed by atoms with E-state index >= 15 is 0 Å². The molecule has 0 saturated carbocycles. The molecule has 1 aromatic carbocycles. The lowest BCUT2D eigenvalue weighted by Crippen LogP contribution is -2.30. The largest absolute Gasteiger partial charge is 0.478 e. The van der Waals surface area contributed by atoms with Gasteiger partial charge in [-0.1, -0.05) is 11.6 Å². The zero-order valence-electron chi connectivity index (χ0n) is 8.31. The number of rotatable bonds is 2. The van der Waals surface area contributed by atoms with Crippen LogP contribution in [0.5, 0.6) is 0 Å². The number of carboxylic acids is 1. The van der Waals surface area contributed by atoms with E-state index < -0.39 is 40.1 Å². The molecule has 1 aromatic rings. The Labute approximate surface area is 102 Å². The Balaban J connectivity index is 3.22. The number of halogens is 5. The highest BCUT2D eigenvalue weighted by Crippen LogP contribution is 2.27. The maximum absolute atomic E-state index is 13.3. The highest BCUT2D eigenvalue weighted by Gasteiger charge is 2.39. The normalized spacial score (nSPS) is 11.2. The van der Waals surface area contributed by atoms with Crippen molar-refractivity contribution < 1.29 is 32.3 Å². The van der Waals surface area contributed by atoms with Crippen molar-refractivity contribution in [1.82, 2.24) is 0 Å². The summed E-state index contributed by atoms with van der Waals surface area (Å²) in [5.74, 6) is -5.69. The third kappa shape index (κ3) is 2.89. The molecule has 0 aliphatic carbocycles. The molecule has 1 amide bonds. The van der Waals surface area contributed by atoms with Crippen LogP contribution in [0.15, 0.2) is 12.1 Å². The maximum atomic E-state index is 13.3. The average molecular weight is 286 g/mol. The van der Waals surface area contributed by atoms with Gasteiger partial charge in [-0.2, -0.15) is 13.2 Å². The number of benzene rings is 1. The maximum Gasteiger partial charge on any atom is 0.471 e. The van der Waals surface area contributed by atoms with Crippen molar-refractivity contribution in [2.24, 2.45) is 0 Å². The number of carboxylic acid groups (broad SMARTS) is 1. The molecule has 0 bridgehead atoms. The summed E-state index contributed by atoms with van der Waals surface area (Å²) in [5, 5.41) is 9.33. The fourth-order valence-electron chi connectivity index (χ4n) is 1.06. The van der Waals surface area contributed by atoms with E-state index in [0.29, 0.717) is 0 Å². The lowest BCUT2D eigenvalue weighted by Gasteiger charge is -2.11. The molecule has 0 radical (unpaired) electrons. The highest BCUT2D eigenvalue weighted by molar-refractivity contribution is 6.31. The fourth-order valence-corrected chi connectivity index (χ4v) is 1.21. The molecular weight excluding hydrogens is 282 g/mol. The van der Waals surface area contributed by atoms with Crippen molar-refractivity contribution in [1.29, 1.82) is 0 Å². The summed E-state index contributed by atoms with van der Waals surface area (Å²) >= 11 is 5.28. The van der Waals surface area contributed by atoms with Crippen molar-refractivity contribution in [2.45, 2.75) is 6.18 Å². The van der Waals surface area contributed by atoms with Gasteiger partial charge in [-0.25, -0.2) is 9.18 Å². The van der Waals surface area contributed by atoms with Gasteiger partial charge in [0.15, 0.2) is 5.82 Å². The van der Waals surface area contributed by atoms with Crippen LogP contribution in [0.1, 0.15) is 10.4 Å². The topological polar surface area (TPSA) is 66.4 Å². The van der Waals surface area contributed by atoms with E-state index in [1.807, 2.05) is 0 Å². The predicted molar refractivity (Wildman–Crippen MR) is 53.1 cm³/mol. The van der Waals surface area contributed by atoms with Gasteiger partial charge in [0, 0.05) is 0 Å². The first kappa shape index (κ1) is 14.2. The van der Waals surface area contributed by atoms with E-state index in [1.165, 1.54) is 5.32 Å². The van der Waals surface area contributed by atoms with E-state index in [-0.39, 0.29) is 0 Å². The Morgan fingerprint density at radius 1 is 1.28 bits per heavy atom. The zero-order valence-corrected chi connectivity index (χ0v) is 9.06. The second-order valence-corrected chi connectivity index (χ2v) is 3.45. The molecular formula is C9H4ClF4NO3. The molecule has 0 spiro atoms. The quantitative estimate of drug-likeness (QED) is 0.821. The fraction of sp³-hybridized carbons (Fsp3) is 0.111. The van der Waals surface area contributed by atoms with E-state index in [1.54, 1.807) is 0 Å². The van der Waals surface area contributed by atoms with Crippen LogP contribution in [-0.2, 0) is 4.79 Å². The molecule has 9 heteroatoms. The number of amides is 1. The highest BCUT2D eigenvalue weighted by atomic mass is 35.5. The van der Waals surface area contributed by atoms with Crippen LogP contribution in [0.25, 0.3) is 0 Å². The smallest absolute Gasteiger partial charge is 0.471 e. The molecule has 2 N–H and O–H groups in total. The summed E-state index contributed by atoms with van der Waals surface area (Å²) in [6.45, 7) is 0. The Bertz CT molecular complexity index is 515. The molecule has 0 aliphatic heterocycles. The van der Waals surface area contributed by atoms with Crippen molar-refractivity contribution in [2.75, 3.05) is 5.32 Å². The predicted octanol–water partition coefficient (Wildman–Crippen LogP) is 2.68. The van der Waals surface area contributed by atoms with E-state index in [2.05, 4.69) is 0 Å². The Kier molecular flexibility index (Phi) is 3.80. The number of nitrogens with one attached hydrogen (secondary N) is 1. The summed E-state index contributed by atoms with van der Waals surface area (Å²) in [6.07, 6.45) is -5.22. The van der Waals surface area contributed by atoms with Crippen molar-refractivity contribution in [3.63, 3.8) is 0 Å². The number of aromatic carboxylic acids is 1. The van der Waals surface area contributed by atoms with Gasteiger partial charge < -0.3 is 10.4 Å². The zero-order chi connectivity index (χ0) is 14.1. The molecule has 18 heavy (non-hydrogen) atoms. The third-order valence-electron chi connectivity index (χ3n) is 1.81. The first-order chi connectivity index (χ1) is 8.14. The number of hydrogen-bond donors (Lipinski definition) is 2. The van der Waals surface area contributed by atoms with Crippen LogP contribution in [0.3, 0.4) is 0 Å². The molecule has 0 atom stereocenters. The van der Waals surface area contributed by atoms with Crippen molar-refractivity contribution >= 4 is 29.2 Å². The number of carbonyl (C=O) groups is 2. The molecule has 0 aliphatic rings. The van der Waals surface area contributed by atoms with Gasteiger partial charge in [-0.3, -0.25) is 4.79 Å². The van der Waals surface area contributed by atoms with Gasteiger partial charge in [0.1, 0.15) is 5.56 Å². The van der Waals surface area contributed by atoms with E-state index in [4.69, 9.17) is 16.7 Å². The van der Waals surface area contributed by atoms with Crippen LogP contribution < -0.4 is 5.32 Å². The Hall–Kier alpha value is -1.83.